The molecule has 3 nitrogen and oxygen atoms in total. The lowest BCUT2D eigenvalue weighted by Gasteiger charge is -2.13. The molecule has 0 aromatic heterocycles. The number of benzene rings is 1. The van der Waals surface area contributed by atoms with Crippen LogP contribution in [0.2, 0.25) is 0 Å². The number of hydrogen-bond donors (Lipinski definition) is 1. The molecule has 1 aromatic rings. The topological polar surface area (TPSA) is 46.2 Å². The summed E-state index contributed by atoms with van der Waals surface area (Å²) in [7, 11) is -3.39. The second-order valence-electron chi connectivity index (χ2n) is 4.89. The van der Waals surface area contributed by atoms with E-state index < -0.39 is 10.0 Å². The molecular weight excluding hydrogens is 314 g/mol. The van der Waals surface area contributed by atoms with Gasteiger partial charge in [-0.25, -0.2) is 13.1 Å². The average Bonchev–Trinajstić information content (AvgIpc) is 2.26. The van der Waals surface area contributed by atoms with Crippen LogP contribution in [0.4, 0.5) is 0 Å². The van der Waals surface area contributed by atoms with Crippen molar-refractivity contribution >= 4 is 26.0 Å². The maximum absolute atomic E-state index is 12.0. The molecule has 0 heterocycles. The van der Waals surface area contributed by atoms with Gasteiger partial charge < -0.3 is 0 Å². The molecule has 0 aliphatic carbocycles. The largest absolute Gasteiger partial charge is 0.240 e. The first-order chi connectivity index (χ1) is 8.31. The summed E-state index contributed by atoms with van der Waals surface area (Å²) in [5, 5.41) is 0. The smallest absolute Gasteiger partial charge is 0.210 e. The number of nitrogens with one attached hydrogen (secondary N) is 1. The summed E-state index contributed by atoms with van der Waals surface area (Å²) in [5.41, 5.74) is 1.05. The Bertz CT molecular complexity index is 468. The van der Waals surface area contributed by atoms with Gasteiger partial charge in [0.15, 0.2) is 0 Å². The summed E-state index contributed by atoms with van der Waals surface area (Å²) in [6.45, 7) is 6.57. The van der Waals surface area contributed by atoms with E-state index in [2.05, 4.69) is 34.5 Å². The molecule has 1 rings (SSSR count). The van der Waals surface area contributed by atoms with Crippen LogP contribution in [0, 0.1) is 12.8 Å². The van der Waals surface area contributed by atoms with Crippen molar-refractivity contribution in [3.8, 4) is 0 Å². The lowest BCUT2D eigenvalue weighted by Crippen LogP contribution is -2.30. The lowest BCUT2D eigenvalue weighted by molar-refractivity contribution is 0.551. The fraction of sp³-hybridized carbons (Fsp3) is 0.538. The number of sulfonamides is 1. The standard InChI is InChI=1S/C13H20BrNO2S/c1-10(2)8-12(14)9-15-18(16,17)13-6-4-11(3)5-7-13/h4-7,10,12,15H,8-9H2,1-3H3. The highest BCUT2D eigenvalue weighted by Gasteiger charge is 2.15. The minimum absolute atomic E-state index is 0.165. The van der Waals surface area contributed by atoms with E-state index in [0.717, 1.165) is 12.0 Å². The van der Waals surface area contributed by atoms with E-state index in [1.165, 1.54) is 0 Å². The van der Waals surface area contributed by atoms with Gasteiger partial charge in [-0.05, 0) is 31.4 Å². The first-order valence-corrected chi connectivity index (χ1v) is 8.41. The molecule has 1 N–H and O–H groups in total. The molecule has 102 valence electrons. The third-order valence-corrected chi connectivity index (χ3v) is 4.69. The van der Waals surface area contributed by atoms with Crippen molar-refractivity contribution in [2.75, 3.05) is 6.54 Å². The van der Waals surface area contributed by atoms with Crippen LogP contribution in [0.3, 0.4) is 0 Å². The van der Waals surface area contributed by atoms with Gasteiger partial charge in [0.2, 0.25) is 10.0 Å². The predicted molar refractivity (Wildman–Crippen MR) is 78.5 cm³/mol. The maximum atomic E-state index is 12.0. The molecule has 1 aromatic carbocycles. The van der Waals surface area contributed by atoms with Crippen molar-refractivity contribution < 1.29 is 8.42 Å². The van der Waals surface area contributed by atoms with E-state index in [1.807, 2.05) is 6.92 Å². The van der Waals surface area contributed by atoms with E-state index in [0.29, 0.717) is 17.4 Å². The van der Waals surface area contributed by atoms with E-state index >= 15 is 0 Å². The summed E-state index contributed by atoms with van der Waals surface area (Å²) in [5.74, 6) is 0.540. The molecule has 0 aliphatic heterocycles. The molecule has 0 saturated carbocycles. The molecule has 0 saturated heterocycles. The number of hydrogen-bond acceptors (Lipinski definition) is 2. The zero-order chi connectivity index (χ0) is 13.8. The van der Waals surface area contributed by atoms with Crippen molar-refractivity contribution in [3.05, 3.63) is 29.8 Å². The summed E-state index contributed by atoms with van der Waals surface area (Å²) in [4.78, 5) is 0.482. The summed E-state index contributed by atoms with van der Waals surface area (Å²) < 4.78 is 26.6. The molecule has 0 spiro atoms. The molecular formula is C13H20BrNO2S. The Morgan fingerprint density at radius 3 is 2.28 bits per heavy atom. The maximum Gasteiger partial charge on any atom is 0.240 e. The van der Waals surface area contributed by atoms with Gasteiger partial charge in [-0.15, -0.1) is 0 Å². The van der Waals surface area contributed by atoms with Crippen molar-refractivity contribution in [1.82, 2.24) is 4.72 Å². The van der Waals surface area contributed by atoms with Gasteiger partial charge in [-0.2, -0.15) is 0 Å². The molecule has 18 heavy (non-hydrogen) atoms. The first kappa shape index (κ1) is 15.7. The van der Waals surface area contributed by atoms with Crippen molar-refractivity contribution in [2.45, 2.75) is 36.9 Å². The number of rotatable bonds is 6. The molecule has 0 bridgehead atoms. The lowest BCUT2D eigenvalue weighted by atomic mass is 10.1. The Kier molecular flexibility index (Phi) is 5.82. The van der Waals surface area contributed by atoms with E-state index in [1.54, 1.807) is 24.3 Å². The molecule has 0 radical (unpaired) electrons. The highest BCUT2D eigenvalue weighted by Crippen LogP contribution is 2.14. The average molecular weight is 334 g/mol. The van der Waals surface area contributed by atoms with Crippen LogP contribution >= 0.6 is 15.9 Å². The number of halogens is 1. The minimum atomic E-state index is -3.39. The van der Waals surface area contributed by atoms with Crippen LogP contribution in [0.1, 0.15) is 25.8 Å². The Morgan fingerprint density at radius 1 is 1.22 bits per heavy atom. The Labute approximate surface area is 118 Å². The van der Waals surface area contributed by atoms with Crippen LogP contribution in [0.5, 0.6) is 0 Å². The van der Waals surface area contributed by atoms with Crippen LogP contribution in [-0.2, 0) is 10.0 Å². The Balaban J connectivity index is 2.63. The van der Waals surface area contributed by atoms with Gasteiger partial charge in [-0.3, -0.25) is 0 Å². The number of alkyl halides is 1. The van der Waals surface area contributed by atoms with Gasteiger partial charge in [-0.1, -0.05) is 47.5 Å². The van der Waals surface area contributed by atoms with Crippen molar-refractivity contribution in [1.29, 1.82) is 0 Å². The molecule has 0 aliphatic rings. The van der Waals surface area contributed by atoms with Gasteiger partial charge in [0, 0.05) is 11.4 Å². The van der Waals surface area contributed by atoms with E-state index in [4.69, 9.17) is 0 Å². The Hall–Kier alpha value is -0.390. The fourth-order valence-electron chi connectivity index (χ4n) is 1.60. The second kappa shape index (κ2) is 6.68. The molecule has 1 unspecified atom stereocenters. The third kappa shape index (κ3) is 5.08. The summed E-state index contributed by atoms with van der Waals surface area (Å²) >= 11 is 3.49. The first-order valence-electron chi connectivity index (χ1n) is 6.01. The molecule has 0 amide bonds. The summed E-state index contributed by atoms with van der Waals surface area (Å²) in [6.07, 6.45) is 0.941. The zero-order valence-electron chi connectivity index (χ0n) is 11.0. The molecule has 0 fully saturated rings. The van der Waals surface area contributed by atoms with Crippen LogP contribution in [-0.4, -0.2) is 19.8 Å². The molecule has 5 heteroatoms. The zero-order valence-corrected chi connectivity index (χ0v) is 13.4. The fourth-order valence-corrected chi connectivity index (χ4v) is 3.80. The summed E-state index contributed by atoms with van der Waals surface area (Å²) in [6, 6.07) is 6.86. The van der Waals surface area contributed by atoms with Crippen LogP contribution < -0.4 is 4.72 Å². The number of aryl methyl sites for hydroxylation is 1. The Morgan fingerprint density at radius 2 is 1.78 bits per heavy atom. The molecule has 1 atom stereocenters. The second-order valence-corrected chi connectivity index (χ2v) is 7.95. The van der Waals surface area contributed by atoms with Crippen molar-refractivity contribution in [3.63, 3.8) is 0 Å². The third-order valence-electron chi connectivity index (χ3n) is 2.55. The van der Waals surface area contributed by atoms with E-state index in [-0.39, 0.29) is 4.83 Å². The van der Waals surface area contributed by atoms with E-state index in [9.17, 15) is 8.42 Å². The monoisotopic (exact) mass is 333 g/mol. The predicted octanol–water partition coefficient (Wildman–Crippen LogP) is 3.08. The normalized spacial score (nSPS) is 13.8. The van der Waals surface area contributed by atoms with Gasteiger partial charge in [0.05, 0.1) is 4.90 Å². The van der Waals surface area contributed by atoms with Crippen molar-refractivity contribution in [2.24, 2.45) is 5.92 Å². The highest BCUT2D eigenvalue weighted by molar-refractivity contribution is 9.09. The minimum Gasteiger partial charge on any atom is -0.210 e. The van der Waals surface area contributed by atoms with Gasteiger partial charge in [0.25, 0.3) is 0 Å². The van der Waals surface area contributed by atoms with Gasteiger partial charge in [0.1, 0.15) is 0 Å². The van der Waals surface area contributed by atoms with Crippen LogP contribution in [0.15, 0.2) is 29.2 Å². The highest BCUT2D eigenvalue weighted by atomic mass is 79.9. The van der Waals surface area contributed by atoms with Gasteiger partial charge >= 0.3 is 0 Å². The SMILES string of the molecule is Cc1ccc(S(=O)(=O)NCC(Br)CC(C)C)cc1. The van der Waals surface area contributed by atoms with Crippen LogP contribution in [0.25, 0.3) is 0 Å². The quantitative estimate of drug-likeness (QED) is 0.813.